The summed E-state index contributed by atoms with van der Waals surface area (Å²) in [4.78, 5) is 40.3. The third kappa shape index (κ3) is 3.67. The van der Waals surface area contributed by atoms with Gasteiger partial charge in [-0.3, -0.25) is 14.4 Å². The van der Waals surface area contributed by atoms with E-state index in [4.69, 9.17) is 11.6 Å². The van der Waals surface area contributed by atoms with Gasteiger partial charge < -0.3 is 15.1 Å². The average molecular weight is 426 g/mol. The van der Waals surface area contributed by atoms with Crippen LogP contribution in [0.2, 0.25) is 5.02 Å². The molecule has 0 bridgehead atoms. The highest BCUT2D eigenvalue weighted by Gasteiger charge is 2.46. The molecule has 0 aliphatic carbocycles. The van der Waals surface area contributed by atoms with Gasteiger partial charge in [-0.05, 0) is 54.8 Å². The molecule has 3 amide bonds. The van der Waals surface area contributed by atoms with Gasteiger partial charge in [0.25, 0.3) is 5.91 Å². The number of anilines is 2. The average Bonchev–Trinajstić information content (AvgIpc) is 3.01. The molecule has 2 heterocycles. The number of hydrogen-bond donors (Lipinski definition) is 1. The second-order valence-electron chi connectivity index (χ2n) is 8.10. The fourth-order valence-electron chi connectivity index (χ4n) is 4.59. The van der Waals surface area contributed by atoms with E-state index in [2.05, 4.69) is 5.32 Å². The molecule has 1 fully saturated rings. The minimum absolute atomic E-state index is 0.0804. The molecule has 2 aromatic rings. The third-order valence-corrected chi connectivity index (χ3v) is 6.36. The molecule has 1 saturated heterocycles. The van der Waals surface area contributed by atoms with Gasteiger partial charge in [0, 0.05) is 60.9 Å². The molecule has 1 N–H and O–H groups in total. The van der Waals surface area contributed by atoms with Crippen molar-refractivity contribution in [2.24, 2.45) is 0 Å². The van der Waals surface area contributed by atoms with Gasteiger partial charge in [0.1, 0.15) is 0 Å². The van der Waals surface area contributed by atoms with Gasteiger partial charge in [-0.2, -0.15) is 0 Å². The van der Waals surface area contributed by atoms with Gasteiger partial charge in [0.2, 0.25) is 11.8 Å². The summed E-state index contributed by atoms with van der Waals surface area (Å²) in [5.74, 6) is -0.217. The standard InChI is InChI=1S/C23H24ClN3O3/c1-15(28)25-19-5-3-4-17(12-19)22(30)27-14-23(8-10-26(11-9-23)16(2)29)20-13-18(24)6-7-21(20)27/h3-7,12-13H,8-11,14H2,1-2H3,(H,25,28). The molecule has 0 unspecified atom stereocenters. The van der Waals surface area contributed by atoms with Crippen LogP contribution in [0.4, 0.5) is 11.4 Å². The topological polar surface area (TPSA) is 69.7 Å². The lowest BCUT2D eigenvalue weighted by Crippen LogP contribution is -2.47. The number of likely N-dealkylation sites (tertiary alicyclic amines) is 1. The summed E-state index contributed by atoms with van der Waals surface area (Å²) in [5.41, 5.74) is 2.83. The number of fused-ring (bicyclic) bond motifs is 2. The Kier molecular flexibility index (Phi) is 5.28. The molecule has 0 aromatic heterocycles. The molecule has 4 rings (SSSR count). The Balaban J connectivity index is 1.67. The van der Waals surface area contributed by atoms with E-state index in [0.29, 0.717) is 35.9 Å². The SMILES string of the molecule is CC(=O)Nc1cccc(C(=O)N2CC3(CCN(C(C)=O)CC3)c3cc(Cl)ccc32)c1. The van der Waals surface area contributed by atoms with Crippen molar-refractivity contribution in [2.75, 3.05) is 29.9 Å². The lowest BCUT2D eigenvalue weighted by atomic mass is 9.74. The molecule has 0 saturated carbocycles. The van der Waals surface area contributed by atoms with Crippen LogP contribution >= 0.6 is 11.6 Å². The Hall–Kier alpha value is -2.86. The van der Waals surface area contributed by atoms with Gasteiger partial charge in [-0.25, -0.2) is 0 Å². The lowest BCUT2D eigenvalue weighted by Gasteiger charge is -2.39. The molecule has 2 aliphatic rings. The zero-order valence-corrected chi connectivity index (χ0v) is 17.8. The zero-order chi connectivity index (χ0) is 21.5. The van der Waals surface area contributed by atoms with Crippen LogP contribution in [0, 0.1) is 0 Å². The molecule has 2 aromatic carbocycles. The molecular weight excluding hydrogens is 402 g/mol. The van der Waals surface area contributed by atoms with Crippen LogP contribution in [0.3, 0.4) is 0 Å². The molecule has 2 aliphatic heterocycles. The van der Waals surface area contributed by atoms with Gasteiger partial charge in [-0.15, -0.1) is 0 Å². The van der Waals surface area contributed by atoms with E-state index in [-0.39, 0.29) is 23.1 Å². The summed E-state index contributed by atoms with van der Waals surface area (Å²) >= 11 is 6.31. The largest absolute Gasteiger partial charge is 0.343 e. The first kappa shape index (κ1) is 20.4. The Morgan fingerprint density at radius 1 is 1.03 bits per heavy atom. The molecule has 7 heteroatoms. The van der Waals surface area contributed by atoms with E-state index in [1.54, 1.807) is 37.3 Å². The minimum Gasteiger partial charge on any atom is -0.343 e. The van der Waals surface area contributed by atoms with Crippen LogP contribution in [0.5, 0.6) is 0 Å². The number of nitrogens with zero attached hydrogens (tertiary/aromatic N) is 2. The van der Waals surface area contributed by atoms with Crippen molar-refractivity contribution in [1.29, 1.82) is 0 Å². The van der Waals surface area contributed by atoms with Crippen LogP contribution in [-0.2, 0) is 15.0 Å². The second kappa shape index (κ2) is 7.76. The number of amides is 3. The van der Waals surface area contributed by atoms with Crippen molar-refractivity contribution in [3.63, 3.8) is 0 Å². The van der Waals surface area contributed by atoms with Crippen molar-refractivity contribution in [1.82, 2.24) is 4.90 Å². The van der Waals surface area contributed by atoms with Crippen molar-refractivity contribution < 1.29 is 14.4 Å². The van der Waals surface area contributed by atoms with Crippen LogP contribution in [0.25, 0.3) is 0 Å². The molecule has 0 atom stereocenters. The Morgan fingerprint density at radius 2 is 1.77 bits per heavy atom. The highest BCUT2D eigenvalue weighted by atomic mass is 35.5. The number of rotatable bonds is 2. The molecule has 30 heavy (non-hydrogen) atoms. The molecule has 1 spiro atoms. The minimum atomic E-state index is -0.211. The summed E-state index contributed by atoms with van der Waals surface area (Å²) in [6, 6.07) is 12.6. The van der Waals surface area contributed by atoms with Gasteiger partial charge in [0.15, 0.2) is 0 Å². The van der Waals surface area contributed by atoms with E-state index in [1.165, 1.54) is 6.92 Å². The van der Waals surface area contributed by atoms with Gasteiger partial charge in [0.05, 0.1) is 0 Å². The molecule has 0 radical (unpaired) electrons. The van der Waals surface area contributed by atoms with Crippen molar-refractivity contribution in [3.05, 3.63) is 58.6 Å². The molecule has 6 nitrogen and oxygen atoms in total. The molecule has 156 valence electrons. The highest BCUT2D eigenvalue weighted by Crippen LogP contribution is 2.48. The number of carbonyl (C=O) groups is 3. The van der Waals surface area contributed by atoms with E-state index in [0.717, 1.165) is 24.1 Å². The van der Waals surface area contributed by atoms with Gasteiger partial charge in [-0.1, -0.05) is 17.7 Å². The second-order valence-corrected chi connectivity index (χ2v) is 8.54. The summed E-state index contributed by atoms with van der Waals surface area (Å²) < 4.78 is 0. The van der Waals surface area contributed by atoms with Crippen molar-refractivity contribution in [3.8, 4) is 0 Å². The maximum absolute atomic E-state index is 13.4. The van der Waals surface area contributed by atoms with E-state index in [9.17, 15) is 14.4 Å². The third-order valence-electron chi connectivity index (χ3n) is 6.12. The summed E-state index contributed by atoms with van der Waals surface area (Å²) in [7, 11) is 0. The Morgan fingerprint density at radius 3 is 2.43 bits per heavy atom. The Bertz CT molecular complexity index is 1030. The monoisotopic (exact) mass is 425 g/mol. The quantitative estimate of drug-likeness (QED) is 0.794. The summed E-state index contributed by atoms with van der Waals surface area (Å²) in [6.45, 7) is 4.92. The number of piperidine rings is 1. The van der Waals surface area contributed by atoms with Crippen molar-refractivity contribution in [2.45, 2.75) is 32.1 Å². The number of benzene rings is 2. The van der Waals surface area contributed by atoms with E-state index in [1.807, 2.05) is 21.9 Å². The predicted octanol–water partition coefficient (Wildman–Crippen LogP) is 3.84. The first-order valence-corrected chi connectivity index (χ1v) is 10.4. The fraction of sp³-hybridized carbons (Fsp3) is 0.348. The van der Waals surface area contributed by atoms with Crippen LogP contribution < -0.4 is 10.2 Å². The van der Waals surface area contributed by atoms with E-state index < -0.39 is 0 Å². The number of carbonyl (C=O) groups excluding carboxylic acids is 3. The maximum Gasteiger partial charge on any atom is 0.258 e. The fourth-order valence-corrected chi connectivity index (χ4v) is 4.76. The summed E-state index contributed by atoms with van der Waals surface area (Å²) in [6.07, 6.45) is 1.57. The predicted molar refractivity (Wildman–Crippen MR) is 117 cm³/mol. The zero-order valence-electron chi connectivity index (χ0n) is 17.1. The number of hydrogen-bond acceptors (Lipinski definition) is 3. The summed E-state index contributed by atoms with van der Waals surface area (Å²) in [5, 5.41) is 3.37. The lowest BCUT2D eigenvalue weighted by molar-refractivity contribution is -0.130. The smallest absolute Gasteiger partial charge is 0.258 e. The highest BCUT2D eigenvalue weighted by molar-refractivity contribution is 6.30. The van der Waals surface area contributed by atoms with Gasteiger partial charge >= 0.3 is 0 Å². The van der Waals surface area contributed by atoms with Crippen LogP contribution in [-0.4, -0.2) is 42.3 Å². The van der Waals surface area contributed by atoms with E-state index >= 15 is 0 Å². The first-order chi connectivity index (χ1) is 14.3. The maximum atomic E-state index is 13.4. The number of halogens is 1. The van der Waals surface area contributed by atoms with Crippen LogP contribution in [0.1, 0.15) is 42.6 Å². The van der Waals surface area contributed by atoms with Crippen LogP contribution in [0.15, 0.2) is 42.5 Å². The number of nitrogens with one attached hydrogen (secondary N) is 1. The normalized spacial score (nSPS) is 17.0. The first-order valence-electron chi connectivity index (χ1n) is 10.0. The molecular formula is C23H24ClN3O3. The van der Waals surface area contributed by atoms with Crippen molar-refractivity contribution >= 4 is 40.7 Å². The Labute approximate surface area is 180 Å².